The highest BCUT2D eigenvalue weighted by Gasteiger charge is 2.08. The monoisotopic (exact) mass is 224 g/mol. The van der Waals surface area contributed by atoms with E-state index in [-0.39, 0.29) is 6.04 Å². The third-order valence-electron chi connectivity index (χ3n) is 2.01. The first-order valence-corrected chi connectivity index (χ1v) is 6.10. The molecule has 4 N–H and O–H groups in total. The highest BCUT2D eigenvalue weighted by Crippen LogP contribution is 2.33. The molecule has 0 fully saturated rings. The van der Waals surface area contributed by atoms with Crippen molar-refractivity contribution in [3.05, 3.63) is 34.5 Å². The fourth-order valence-corrected chi connectivity index (χ4v) is 3.08. The number of hydrogen-bond donors (Lipinski definition) is 2. The van der Waals surface area contributed by atoms with Crippen LogP contribution in [0.1, 0.15) is 10.9 Å². The van der Waals surface area contributed by atoms with Crippen molar-refractivity contribution >= 4 is 22.7 Å². The molecule has 2 rings (SSSR count). The lowest BCUT2D eigenvalue weighted by Gasteiger charge is -2.03. The van der Waals surface area contributed by atoms with Crippen LogP contribution in [0.4, 0.5) is 0 Å². The van der Waals surface area contributed by atoms with Gasteiger partial charge in [0.15, 0.2) is 0 Å². The van der Waals surface area contributed by atoms with Gasteiger partial charge in [0.2, 0.25) is 0 Å². The maximum Gasteiger partial charge on any atom is 0.0514 e. The van der Waals surface area contributed by atoms with Crippen molar-refractivity contribution < 1.29 is 0 Å². The molecule has 0 aliphatic heterocycles. The minimum atomic E-state index is -0.0197. The highest BCUT2D eigenvalue weighted by molar-refractivity contribution is 7.21. The van der Waals surface area contributed by atoms with Crippen molar-refractivity contribution in [1.29, 1.82) is 0 Å². The normalized spacial score (nSPS) is 13.0. The minimum Gasteiger partial charge on any atom is -0.329 e. The van der Waals surface area contributed by atoms with Crippen LogP contribution in [0.3, 0.4) is 0 Å². The van der Waals surface area contributed by atoms with Gasteiger partial charge >= 0.3 is 0 Å². The first kappa shape index (κ1) is 9.86. The van der Waals surface area contributed by atoms with Crippen LogP contribution >= 0.6 is 22.7 Å². The summed E-state index contributed by atoms with van der Waals surface area (Å²) in [6.07, 6.45) is 0. The predicted octanol–water partition coefficient (Wildman–Crippen LogP) is 2.44. The van der Waals surface area contributed by atoms with Crippen LogP contribution in [0.15, 0.2) is 29.6 Å². The lowest BCUT2D eigenvalue weighted by molar-refractivity contribution is 0.752. The molecule has 0 saturated carbocycles. The van der Waals surface area contributed by atoms with Gasteiger partial charge in [0.25, 0.3) is 0 Å². The molecule has 74 valence electrons. The molecule has 1 unspecified atom stereocenters. The fourth-order valence-electron chi connectivity index (χ4n) is 1.22. The molecule has 2 heterocycles. The molecule has 0 amide bonds. The summed E-state index contributed by atoms with van der Waals surface area (Å²) in [5, 5.41) is 2.08. The lowest BCUT2D eigenvalue weighted by Crippen LogP contribution is -2.19. The van der Waals surface area contributed by atoms with Crippen LogP contribution in [0.5, 0.6) is 0 Å². The number of hydrogen-bond acceptors (Lipinski definition) is 4. The predicted molar refractivity (Wildman–Crippen MR) is 63.6 cm³/mol. The van der Waals surface area contributed by atoms with Gasteiger partial charge in [-0.2, -0.15) is 0 Å². The van der Waals surface area contributed by atoms with Crippen molar-refractivity contribution in [2.24, 2.45) is 11.5 Å². The van der Waals surface area contributed by atoms with E-state index in [1.54, 1.807) is 22.7 Å². The third-order valence-corrected chi connectivity index (χ3v) is 4.29. The summed E-state index contributed by atoms with van der Waals surface area (Å²) in [6.45, 7) is 0.504. The van der Waals surface area contributed by atoms with Gasteiger partial charge in [-0.25, -0.2) is 0 Å². The molecule has 14 heavy (non-hydrogen) atoms. The van der Waals surface area contributed by atoms with E-state index < -0.39 is 0 Å². The van der Waals surface area contributed by atoms with E-state index in [9.17, 15) is 0 Å². The van der Waals surface area contributed by atoms with Crippen LogP contribution in [0.2, 0.25) is 0 Å². The van der Waals surface area contributed by atoms with Crippen LogP contribution < -0.4 is 11.5 Å². The summed E-state index contributed by atoms with van der Waals surface area (Å²) in [4.78, 5) is 3.74. The molecule has 0 aliphatic carbocycles. The zero-order valence-electron chi connectivity index (χ0n) is 7.64. The number of rotatable bonds is 3. The second-order valence-electron chi connectivity index (χ2n) is 3.02. The number of thiophene rings is 2. The quantitative estimate of drug-likeness (QED) is 0.841. The first-order chi connectivity index (χ1) is 6.81. The Bertz CT molecular complexity index is 392. The smallest absolute Gasteiger partial charge is 0.0514 e. The Morgan fingerprint density at radius 3 is 2.71 bits per heavy atom. The van der Waals surface area contributed by atoms with Crippen LogP contribution in [0.25, 0.3) is 9.75 Å². The zero-order chi connectivity index (χ0) is 9.97. The van der Waals surface area contributed by atoms with Crippen molar-refractivity contribution in [2.45, 2.75) is 6.04 Å². The molecule has 0 saturated heterocycles. The minimum absolute atomic E-state index is 0.0197. The summed E-state index contributed by atoms with van der Waals surface area (Å²) < 4.78 is 0. The van der Waals surface area contributed by atoms with Crippen LogP contribution in [-0.2, 0) is 0 Å². The van der Waals surface area contributed by atoms with E-state index in [4.69, 9.17) is 11.5 Å². The van der Waals surface area contributed by atoms with Gasteiger partial charge in [-0.1, -0.05) is 6.07 Å². The molecular weight excluding hydrogens is 212 g/mol. The van der Waals surface area contributed by atoms with Gasteiger partial charge < -0.3 is 11.5 Å². The Balaban J connectivity index is 2.26. The third kappa shape index (κ3) is 1.88. The van der Waals surface area contributed by atoms with Gasteiger partial charge in [-0.15, -0.1) is 22.7 Å². The van der Waals surface area contributed by atoms with Crippen LogP contribution in [0, 0.1) is 0 Å². The Kier molecular flexibility index (Phi) is 2.98. The maximum atomic E-state index is 5.85. The van der Waals surface area contributed by atoms with Gasteiger partial charge in [0.1, 0.15) is 0 Å². The van der Waals surface area contributed by atoms with Gasteiger partial charge in [-0.05, 0) is 23.6 Å². The average Bonchev–Trinajstić information content (AvgIpc) is 2.86. The van der Waals surface area contributed by atoms with E-state index in [0.717, 1.165) is 4.88 Å². The molecule has 2 nitrogen and oxygen atoms in total. The first-order valence-electron chi connectivity index (χ1n) is 4.40. The Labute approximate surface area is 91.2 Å². The summed E-state index contributed by atoms with van der Waals surface area (Å²) in [6, 6.07) is 8.34. The van der Waals surface area contributed by atoms with Crippen molar-refractivity contribution in [3.63, 3.8) is 0 Å². The van der Waals surface area contributed by atoms with Crippen LogP contribution in [-0.4, -0.2) is 6.54 Å². The van der Waals surface area contributed by atoms with Crippen molar-refractivity contribution in [1.82, 2.24) is 0 Å². The summed E-state index contributed by atoms with van der Waals surface area (Å²) in [5.41, 5.74) is 11.4. The summed E-state index contributed by atoms with van der Waals surface area (Å²) in [7, 11) is 0. The molecule has 1 atom stereocenters. The summed E-state index contributed by atoms with van der Waals surface area (Å²) >= 11 is 3.48. The van der Waals surface area contributed by atoms with Gasteiger partial charge in [0, 0.05) is 21.2 Å². The molecule has 0 radical (unpaired) electrons. The molecular formula is C10H12N2S2. The van der Waals surface area contributed by atoms with E-state index in [2.05, 4.69) is 29.6 Å². The molecule has 4 heteroatoms. The molecule has 0 aliphatic rings. The fraction of sp³-hybridized carbons (Fsp3) is 0.200. The van der Waals surface area contributed by atoms with E-state index >= 15 is 0 Å². The molecule has 0 bridgehead atoms. The van der Waals surface area contributed by atoms with Gasteiger partial charge in [-0.3, -0.25) is 0 Å². The zero-order valence-corrected chi connectivity index (χ0v) is 9.28. The lowest BCUT2D eigenvalue weighted by atomic mass is 10.2. The second-order valence-corrected chi connectivity index (χ2v) is 5.08. The highest BCUT2D eigenvalue weighted by atomic mass is 32.1. The van der Waals surface area contributed by atoms with Crippen molar-refractivity contribution in [3.8, 4) is 9.75 Å². The van der Waals surface area contributed by atoms with Crippen molar-refractivity contribution in [2.75, 3.05) is 6.54 Å². The molecule has 0 aromatic carbocycles. The van der Waals surface area contributed by atoms with E-state index in [1.165, 1.54) is 9.75 Å². The topological polar surface area (TPSA) is 52.0 Å². The maximum absolute atomic E-state index is 5.85. The SMILES string of the molecule is NCC(N)c1ccc(-c2cccs2)s1. The van der Waals surface area contributed by atoms with E-state index in [0.29, 0.717) is 6.54 Å². The molecule has 2 aromatic heterocycles. The molecule has 0 spiro atoms. The van der Waals surface area contributed by atoms with Gasteiger partial charge in [0.05, 0.1) is 6.04 Å². The Morgan fingerprint density at radius 1 is 1.21 bits per heavy atom. The molecule has 2 aromatic rings. The van der Waals surface area contributed by atoms with E-state index in [1.807, 2.05) is 0 Å². The standard InChI is InChI=1S/C10H12N2S2/c11-6-7(12)8-3-4-10(14-8)9-2-1-5-13-9/h1-5,7H,6,11-12H2. The Morgan fingerprint density at radius 2 is 2.07 bits per heavy atom. The number of nitrogens with two attached hydrogens (primary N) is 2. The summed E-state index contributed by atoms with van der Waals surface area (Å²) in [5.74, 6) is 0. The average molecular weight is 224 g/mol. The second kappa shape index (κ2) is 4.23. The Hall–Kier alpha value is -0.680. The largest absolute Gasteiger partial charge is 0.329 e.